The van der Waals surface area contributed by atoms with E-state index in [1.807, 2.05) is 12.1 Å². The lowest BCUT2D eigenvalue weighted by Gasteiger charge is -2.38. The Balaban J connectivity index is 1.42. The van der Waals surface area contributed by atoms with E-state index in [1.165, 1.54) is 22.3 Å². The van der Waals surface area contributed by atoms with Crippen molar-refractivity contribution < 1.29 is 14.6 Å². The fourth-order valence-corrected chi connectivity index (χ4v) is 4.29. The number of hydrogen-bond acceptors (Lipinski definition) is 4. The zero-order chi connectivity index (χ0) is 21.3. The van der Waals surface area contributed by atoms with Crippen LogP contribution in [0, 0.1) is 17.2 Å². The van der Waals surface area contributed by atoms with Gasteiger partial charge in [-0.1, -0.05) is 29.3 Å². The van der Waals surface area contributed by atoms with Gasteiger partial charge in [0, 0.05) is 19.6 Å². The number of allylic oxidation sites excluding steroid dienone is 1. The Morgan fingerprint density at radius 3 is 2.80 bits per heavy atom. The molecule has 2 aromatic rings. The number of carboxylic acids is 1. The van der Waals surface area contributed by atoms with E-state index in [0.717, 1.165) is 30.7 Å². The van der Waals surface area contributed by atoms with Crippen LogP contribution in [0.2, 0.25) is 5.02 Å². The van der Waals surface area contributed by atoms with Crippen LogP contribution in [0.3, 0.4) is 0 Å². The first-order valence-electron chi connectivity index (χ1n) is 10.0. The average molecular weight is 423 g/mol. The summed E-state index contributed by atoms with van der Waals surface area (Å²) in [4.78, 5) is 13.2. The maximum atomic E-state index is 11.0. The van der Waals surface area contributed by atoms with Gasteiger partial charge < -0.3 is 9.84 Å². The van der Waals surface area contributed by atoms with E-state index in [-0.39, 0.29) is 5.92 Å². The first-order valence-corrected chi connectivity index (χ1v) is 10.4. The molecule has 0 aromatic heterocycles. The molecule has 6 heteroatoms. The summed E-state index contributed by atoms with van der Waals surface area (Å²) in [6, 6.07) is 13.6. The second-order valence-electron chi connectivity index (χ2n) is 7.99. The highest BCUT2D eigenvalue weighted by Gasteiger charge is 2.33. The molecule has 0 amide bonds. The van der Waals surface area contributed by atoms with Crippen LogP contribution in [0.1, 0.15) is 35.6 Å². The summed E-state index contributed by atoms with van der Waals surface area (Å²) in [5.74, 6) is -0.0993. The Kier molecular flexibility index (Phi) is 5.80. The van der Waals surface area contributed by atoms with Crippen molar-refractivity contribution in [1.82, 2.24) is 4.90 Å². The van der Waals surface area contributed by atoms with Gasteiger partial charge in [0.1, 0.15) is 18.4 Å². The molecule has 0 saturated carbocycles. The molecular formula is C24H23ClN2O3. The lowest BCUT2D eigenvalue weighted by Crippen LogP contribution is -2.50. The van der Waals surface area contributed by atoms with Crippen molar-refractivity contribution in [2.24, 2.45) is 5.92 Å². The molecule has 154 valence electrons. The highest BCUT2D eigenvalue weighted by atomic mass is 35.5. The number of carboxylic acid groups (broad SMARTS) is 1. The van der Waals surface area contributed by atoms with Crippen molar-refractivity contribution in [3.05, 3.63) is 69.2 Å². The summed E-state index contributed by atoms with van der Waals surface area (Å²) in [7, 11) is 0. The Bertz CT molecular complexity index is 1060. The molecule has 5 nitrogen and oxygen atoms in total. The molecule has 1 aliphatic carbocycles. The maximum Gasteiger partial charge on any atom is 0.309 e. The zero-order valence-corrected chi connectivity index (χ0v) is 17.6. The normalized spacial score (nSPS) is 16.6. The van der Waals surface area contributed by atoms with Gasteiger partial charge in [-0.05, 0) is 66.3 Å². The third-order valence-electron chi connectivity index (χ3n) is 5.98. The van der Waals surface area contributed by atoms with Gasteiger partial charge in [0.2, 0.25) is 0 Å². The molecule has 0 radical (unpaired) electrons. The van der Waals surface area contributed by atoms with Crippen LogP contribution in [-0.2, 0) is 17.8 Å². The van der Waals surface area contributed by atoms with E-state index in [0.29, 0.717) is 30.3 Å². The number of aryl methyl sites for hydroxylation is 1. The molecule has 0 unspecified atom stereocenters. The zero-order valence-electron chi connectivity index (χ0n) is 16.8. The number of rotatable bonds is 6. The summed E-state index contributed by atoms with van der Waals surface area (Å²) < 4.78 is 5.95. The van der Waals surface area contributed by atoms with Gasteiger partial charge in [-0.25, -0.2) is 0 Å². The molecule has 1 saturated heterocycles. The molecule has 2 aliphatic rings. The van der Waals surface area contributed by atoms with Crippen molar-refractivity contribution in [2.45, 2.75) is 26.4 Å². The predicted octanol–water partition coefficient (Wildman–Crippen LogP) is 4.53. The third kappa shape index (κ3) is 4.21. The standard InChI is InChI=1S/C24H23ClN2O3/c1-15-18(11-27-12-20(13-27)24(28)29)4-3-17-9-21(5-6-22(15)17)30-14-16-2-7-23(25)19(8-16)10-26/h2,5-9,20H,3-4,11-14H2,1H3,(H,28,29). The Hall–Kier alpha value is -2.81. The molecule has 0 bridgehead atoms. The number of likely N-dealkylation sites (tertiary alicyclic amines) is 1. The topological polar surface area (TPSA) is 73.6 Å². The molecule has 1 N–H and O–H groups in total. The highest BCUT2D eigenvalue weighted by molar-refractivity contribution is 6.31. The average Bonchev–Trinajstić information content (AvgIpc) is 2.70. The first kappa shape index (κ1) is 20.5. The predicted molar refractivity (Wildman–Crippen MR) is 115 cm³/mol. The summed E-state index contributed by atoms with van der Waals surface area (Å²) >= 11 is 5.99. The molecule has 30 heavy (non-hydrogen) atoms. The van der Waals surface area contributed by atoms with Gasteiger partial charge in [0.25, 0.3) is 0 Å². The Morgan fingerprint density at radius 2 is 2.07 bits per heavy atom. The summed E-state index contributed by atoms with van der Waals surface area (Å²) in [6.07, 6.45) is 1.94. The molecule has 1 aliphatic heterocycles. The summed E-state index contributed by atoms with van der Waals surface area (Å²) in [5, 5.41) is 18.6. The molecule has 1 heterocycles. The van der Waals surface area contributed by atoms with Gasteiger partial charge in [-0.3, -0.25) is 9.69 Å². The minimum absolute atomic E-state index is 0.216. The number of fused-ring (bicyclic) bond motifs is 1. The first-order chi connectivity index (χ1) is 14.4. The van der Waals surface area contributed by atoms with Crippen molar-refractivity contribution >= 4 is 23.1 Å². The van der Waals surface area contributed by atoms with Gasteiger partial charge >= 0.3 is 5.97 Å². The van der Waals surface area contributed by atoms with E-state index in [4.69, 9.17) is 26.7 Å². The SMILES string of the molecule is CC1=C(CN2CC(C(=O)O)C2)CCc2cc(OCc3ccc(Cl)c(C#N)c3)ccc21. The van der Waals surface area contributed by atoms with Crippen molar-refractivity contribution in [2.75, 3.05) is 19.6 Å². The van der Waals surface area contributed by atoms with Crippen molar-refractivity contribution in [3.8, 4) is 11.8 Å². The monoisotopic (exact) mass is 422 g/mol. The van der Waals surface area contributed by atoms with Crippen LogP contribution in [0.25, 0.3) is 5.57 Å². The highest BCUT2D eigenvalue weighted by Crippen LogP contribution is 2.34. The van der Waals surface area contributed by atoms with Crippen LogP contribution >= 0.6 is 11.6 Å². The second kappa shape index (κ2) is 8.51. The quantitative estimate of drug-likeness (QED) is 0.740. The fourth-order valence-electron chi connectivity index (χ4n) is 4.13. The van der Waals surface area contributed by atoms with Gasteiger partial charge in [0.15, 0.2) is 0 Å². The van der Waals surface area contributed by atoms with E-state index in [2.05, 4.69) is 30.0 Å². The fraction of sp³-hybridized carbons (Fsp3) is 0.333. The van der Waals surface area contributed by atoms with Crippen LogP contribution in [0.5, 0.6) is 5.75 Å². The van der Waals surface area contributed by atoms with Crippen LogP contribution < -0.4 is 4.74 Å². The van der Waals surface area contributed by atoms with Gasteiger partial charge in [-0.15, -0.1) is 0 Å². The Morgan fingerprint density at radius 1 is 1.27 bits per heavy atom. The lowest BCUT2D eigenvalue weighted by atomic mass is 9.85. The molecule has 1 fully saturated rings. The number of carbonyl (C=O) groups is 1. The number of halogens is 1. The summed E-state index contributed by atoms with van der Waals surface area (Å²) in [5.41, 5.74) is 6.56. The summed E-state index contributed by atoms with van der Waals surface area (Å²) in [6.45, 7) is 4.67. The Labute approximate surface area is 181 Å². The number of nitriles is 1. The minimum Gasteiger partial charge on any atom is -0.489 e. The van der Waals surface area contributed by atoms with E-state index < -0.39 is 5.97 Å². The number of aliphatic carboxylic acids is 1. The molecular weight excluding hydrogens is 400 g/mol. The van der Waals surface area contributed by atoms with Crippen molar-refractivity contribution in [3.63, 3.8) is 0 Å². The molecule has 0 atom stereocenters. The maximum absolute atomic E-state index is 11.0. The number of hydrogen-bond donors (Lipinski definition) is 1. The largest absolute Gasteiger partial charge is 0.489 e. The smallest absolute Gasteiger partial charge is 0.309 e. The second-order valence-corrected chi connectivity index (χ2v) is 8.40. The van der Waals surface area contributed by atoms with Crippen LogP contribution in [0.4, 0.5) is 0 Å². The number of nitrogens with zero attached hydrogens (tertiary/aromatic N) is 2. The van der Waals surface area contributed by atoms with E-state index >= 15 is 0 Å². The van der Waals surface area contributed by atoms with Crippen LogP contribution in [-0.4, -0.2) is 35.6 Å². The minimum atomic E-state index is -0.694. The molecule has 0 spiro atoms. The lowest BCUT2D eigenvalue weighted by molar-refractivity contribution is -0.147. The van der Waals surface area contributed by atoms with E-state index in [9.17, 15) is 4.79 Å². The third-order valence-corrected chi connectivity index (χ3v) is 6.31. The number of benzene rings is 2. The number of ether oxygens (including phenoxy) is 1. The van der Waals surface area contributed by atoms with Crippen molar-refractivity contribution in [1.29, 1.82) is 5.26 Å². The molecule has 4 rings (SSSR count). The van der Waals surface area contributed by atoms with Crippen LogP contribution in [0.15, 0.2) is 42.0 Å². The molecule has 2 aromatic carbocycles. The van der Waals surface area contributed by atoms with Gasteiger partial charge in [0.05, 0.1) is 16.5 Å². The van der Waals surface area contributed by atoms with Gasteiger partial charge in [-0.2, -0.15) is 5.26 Å². The van der Waals surface area contributed by atoms with E-state index in [1.54, 1.807) is 12.1 Å².